The van der Waals surface area contributed by atoms with E-state index in [2.05, 4.69) is 35.3 Å². The number of halogens is 3. The monoisotopic (exact) mass is 567 g/mol. The number of amides is 1. The fourth-order valence-corrected chi connectivity index (χ4v) is 5.17. The smallest absolute Gasteiger partial charge is 0.406 e. The van der Waals surface area contributed by atoms with Crippen molar-refractivity contribution in [2.24, 2.45) is 0 Å². The van der Waals surface area contributed by atoms with Crippen LogP contribution in [0.15, 0.2) is 66.0 Å². The Labute approximate surface area is 231 Å². The van der Waals surface area contributed by atoms with Crippen LogP contribution in [0.4, 0.5) is 13.2 Å². The summed E-state index contributed by atoms with van der Waals surface area (Å²) in [4.78, 5) is 25.3. The van der Waals surface area contributed by atoms with Gasteiger partial charge in [0.15, 0.2) is 10.9 Å². The average molecular weight is 568 g/mol. The van der Waals surface area contributed by atoms with Crippen LogP contribution in [0.25, 0.3) is 16.6 Å². The number of alkyl halides is 3. The van der Waals surface area contributed by atoms with Crippen LogP contribution in [0.3, 0.4) is 0 Å². The average Bonchev–Trinajstić information content (AvgIpc) is 3.51. The number of benzene rings is 2. The Morgan fingerprint density at radius 3 is 2.52 bits per heavy atom. The zero-order chi connectivity index (χ0) is 28.3. The summed E-state index contributed by atoms with van der Waals surface area (Å²) in [5.74, 6) is -0.548. The number of fused-ring (bicyclic) bond motifs is 1. The summed E-state index contributed by atoms with van der Waals surface area (Å²) in [6, 6.07) is 14.9. The predicted molar refractivity (Wildman–Crippen MR) is 143 cm³/mol. The fraction of sp³-hybridized carbons (Fsp3) is 0.222. The van der Waals surface area contributed by atoms with Crippen LogP contribution < -0.4 is 10.1 Å². The van der Waals surface area contributed by atoms with E-state index in [1.54, 1.807) is 0 Å². The minimum atomic E-state index is -4.81. The van der Waals surface area contributed by atoms with Crippen LogP contribution in [-0.2, 0) is 12.2 Å². The van der Waals surface area contributed by atoms with Gasteiger partial charge >= 0.3 is 6.36 Å². The number of aromatic amines is 1. The van der Waals surface area contributed by atoms with E-state index < -0.39 is 12.3 Å². The highest BCUT2D eigenvalue weighted by atomic mass is 32.2. The Bertz CT molecular complexity index is 1630. The first-order chi connectivity index (χ1) is 19.2. The second-order valence-corrected chi connectivity index (χ2v) is 9.87. The van der Waals surface area contributed by atoms with Gasteiger partial charge in [-0.2, -0.15) is 0 Å². The zero-order valence-electron chi connectivity index (χ0n) is 21.5. The van der Waals surface area contributed by atoms with Crippen molar-refractivity contribution in [3.05, 3.63) is 89.1 Å². The van der Waals surface area contributed by atoms with Crippen LogP contribution in [0.1, 0.15) is 33.1 Å². The van der Waals surface area contributed by atoms with Gasteiger partial charge in [-0.15, -0.1) is 18.3 Å². The number of ether oxygens (including phenoxy) is 1. The number of nitrogens with zero attached hydrogens (tertiary/aromatic N) is 5. The molecule has 3 heterocycles. The van der Waals surface area contributed by atoms with Crippen LogP contribution >= 0.6 is 11.8 Å². The van der Waals surface area contributed by atoms with E-state index >= 15 is 0 Å². The molecule has 0 unspecified atom stereocenters. The standard InChI is InChI=1S/C27H24F3N7O2S/c1-16-13-17(2)34-26(33-16)40-15-23-24(25(38)31-12-11-18-14-32-22-6-4-3-5-21(18)22)35-36-37(23)19-7-9-20(10-8-19)39-27(28,29)30/h3-10,13-14,32H,11-12,15H2,1-2H3,(H,31,38). The quantitative estimate of drug-likeness (QED) is 0.183. The van der Waals surface area contributed by atoms with Crippen molar-refractivity contribution in [3.63, 3.8) is 0 Å². The Morgan fingerprint density at radius 1 is 1.07 bits per heavy atom. The third kappa shape index (κ3) is 6.42. The van der Waals surface area contributed by atoms with Gasteiger partial charge in [0.05, 0.1) is 11.4 Å². The summed E-state index contributed by atoms with van der Waals surface area (Å²) < 4.78 is 43.2. The van der Waals surface area contributed by atoms with Gasteiger partial charge in [-0.05, 0) is 62.2 Å². The lowest BCUT2D eigenvalue weighted by Crippen LogP contribution is -2.27. The van der Waals surface area contributed by atoms with E-state index in [9.17, 15) is 18.0 Å². The molecule has 9 nitrogen and oxygen atoms in total. The van der Waals surface area contributed by atoms with Gasteiger partial charge in [-0.1, -0.05) is 35.2 Å². The maximum absolute atomic E-state index is 13.2. The highest BCUT2D eigenvalue weighted by Gasteiger charge is 2.31. The van der Waals surface area contributed by atoms with Gasteiger partial charge in [0.25, 0.3) is 5.91 Å². The van der Waals surface area contributed by atoms with E-state index in [4.69, 9.17) is 0 Å². The third-order valence-electron chi connectivity index (χ3n) is 5.95. The van der Waals surface area contributed by atoms with Gasteiger partial charge in [0.2, 0.25) is 0 Å². The number of H-pyrrole nitrogens is 1. The van der Waals surface area contributed by atoms with Crippen molar-refractivity contribution in [3.8, 4) is 11.4 Å². The largest absolute Gasteiger partial charge is 0.573 e. The van der Waals surface area contributed by atoms with E-state index in [-0.39, 0.29) is 17.2 Å². The Balaban J connectivity index is 1.37. The van der Waals surface area contributed by atoms with E-state index in [1.165, 1.54) is 40.7 Å². The number of hydrogen-bond donors (Lipinski definition) is 2. The molecular formula is C27H24F3N7O2S. The summed E-state index contributed by atoms with van der Waals surface area (Å²) >= 11 is 1.30. The van der Waals surface area contributed by atoms with Gasteiger partial charge in [-0.25, -0.2) is 14.6 Å². The summed E-state index contributed by atoms with van der Waals surface area (Å²) in [7, 11) is 0. The molecule has 3 aromatic heterocycles. The van der Waals surface area contributed by atoms with Gasteiger partial charge in [0, 0.05) is 40.8 Å². The second kappa shape index (κ2) is 11.4. The van der Waals surface area contributed by atoms with Crippen LogP contribution in [0, 0.1) is 13.8 Å². The maximum Gasteiger partial charge on any atom is 0.573 e. The first-order valence-electron chi connectivity index (χ1n) is 12.3. The third-order valence-corrected chi connectivity index (χ3v) is 6.81. The van der Waals surface area contributed by atoms with E-state index in [1.807, 2.05) is 50.4 Å². The Morgan fingerprint density at radius 2 is 1.80 bits per heavy atom. The van der Waals surface area contributed by atoms with Crippen LogP contribution in [0.2, 0.25) is 0 Å². The molecular weight excluding hydrogens is 543 g/mol. The number of rotatable bonds is 9. The van der Waals surface area contributed by atoms with Gasteiger partial charge in [-0.3, -0.25) is 4.79 Å². The number of carbonyl (C=O) groups is 1. The number of nitrogens with one attached hydrogen (secondary N) is 2. The summed E-state index contributed by atoms with van der Waals surface area (Å²) in [5, 5.41) is 12.8. The van der Waals surface area contributed by atoms with Crippen molar-refractivity contribution in [2.45, 2.75) is 37.5 Å². The molecule has 0 spiro atoms. The molecule has 0 radical (unpaired) electrons. The zero-order valence-corrected chi connectivity index (χ0v) is 22.3. The molecule has 1 amide bonds. The number of aromatic nitrogens is 6. The minimum absolute atomic E-state index is 0.103. The molecule has 206 valence electrons. The minimum Gasteiger partial charge on any atom is -0.406 e. The van der Waals surface area contributed by atoms with E-state index in [0.29, 0.717) is 29.5 Å². The lowest BCUT2D eigenvalue weighted by atomic mass is 10.1. The lowest BCUT2D eigenvalue weighted by Gasteiger charge is -2.11. The molecule has 0 aliphatic rings. The molecule has 0 aliphatic carbocycles. The Kier molecular flexibility index (Phi) is 7.74. The van der Waals surface area contributed by atoms with Crippen LogP contribution in [-0.4, -0.2) is 48.8 Å². The van der Waals surface area contributed by atoms with Gasteiger partial charge < -0.3 is 15.0 Å². The lowest BCUT2D eigenvalue weighted by molar-refractivity contribution is -0.274. The molecule has 5 aromatic rings. The Hall–Kier alpha value is -4.39. The molecule has 0 aliphatic heterocycles. The fourth-order valence-electron chi connectivity index (χ4n) is 4.23. The maximum atomic E-state index is 13.2. The molecule has 0 saturated heterocycles. The number of hydrogen-bond acceptors (Lipinski definition) is 7. The second-order valence-electron chi connectivity index (χ2n) is 8.93. The first-order valence-corrected chi connectivity index (χ1v) is 13.2. The van der Waals surface area contributed by atoms with E-state index in [0.717, 1.165) is 27.9 Å². The van der Waals surface area contributed by atoms with Crippen molar-refractivity contribution in [2.75, 3.05) is 6.54 Å². The topological polar surface area (TPSA) is 111 Å². The normalized spacial score (nSPS) is 11.6. The molecule has 2 aromatic carbocycles. The number of aryl methyl sites for hydroxylation is 2. The molecule has 0 atom stereocenters. The van der Waals surface area contributed by atoms with Crippen molar-refractivity contribution >= 4 is 28.6 Å². The molecule has 2 N–H and O–H groups in total. The number of thioether (sulfide) groups is 1. The van der Waals surface area contributed by atoms with Crippen molar-refractivity contribution in [1.82, 2.24) is 35.3 Å². The molecule has 0 bridgehead atoms. The van der Waals surface area contributed by atoms with Crippen molar-refractivity contribution < 1.29 is 22.7 Å². The number of para-hydroxylation sites is 1. The number of carbonyl (C=O) groups excluding carboxylic acids is 1. The SMILES string of the molecule is Cc1cc(C)nc(SCc2c(C(=O)NCCc3c[nH]c4ccccc34)nnn2-c2ccc(OC(F)(F)F)cc2)n1. The molecule has 13 heteroatoms. The molecule has 40 heavy (non-hydrogen) atoms. The van der Waals surface area contributed by atoms with Gasteiger partial charge in [0.1, 0.15) is 5.75 Å². The van der Waals surface area contributed by atoms with Crippen molar-refractivity contribution in [1.29, 1.82) is 0 Å². The highest BCUT2D eigenvalue weighted by molar-refractivity contribution is 7.98. The highest BCUT2D eigenvalue weighted by Crippen LogP contribution is 2.27. The first kappa shape index (κ1) is 27.2. The summed E-state index contributed by atoms with van der Waals surface area (Å²) in [6.07, 6.45) is -2.28. The molecule has 5 rings (SSSR count). The summed E-state index contributed by atoms with van der Waals surface area (Å²) in [5.41, 5.74) is 4.66. The molecule has 0 fully saturated rings. The van der Waals surface area contributed by atoms with Crippen LogP contribution in [0.5, 0.6) is 5.75 Å². The predicted octanol–water partition coefficient (Wildman–Crippen LogP) is 5.32. The molecule has 0 saturated carbocycles. The summed E-state index contributed by atoms with van der Waals surface area (Å²) in [6.45, 7) is 4.09.